The van der Waals surface area contributed by atoms with E-state index in [1.807, 2.05) is 0 Å². The van der Waals surface area contributed by atoms with Crippen molar-refractivity contribution in [3.8, 4) is 28.7 Å². The molecule has 1 unspecified atom stereocenters. The van der Waals surface area contributed by atoms with Crippen LogP contribution in [-0.2, 0) is 10.2 Å². The molecule has 3 aliphatic rings. The molecule has 0 bridgehead atoms. The molecule has 1 spiro atoms. The summed E-state index contributed by atoms with van der Waals surface area (Å²) in [5.41, 5.74) is 3.44. The number of amides is 1. The molecule has 8 heteroatoms. The molecule has 0 aromatic heterocycles. The van der Waals surface area contributed by atoms with E-state index >= 15 is 0 Å². The van der Waals surface area contributed by atoms with Crippen molar-refractivity contribution in [2.45, 2.75) is 50.5 Å². The fraction of sp³-hybridized carbons (Fsp3) is 0.536. The zero-order valence-electron chi connectivity index (χ0n) is 21.6. The monoisotopic (exact) mass is 496 g/mol. The number of nitrogens with zero attached hydrogens (tertiary/aromatic N) is 1. The lowest BCUT2D eigenvalue weighted by atomic mass is 9.71. The Morgan fingerprint density at radius 3 is 2.25 bits per heavy atom. The highest BCUT2D eigenvalue weighted by molar-refractivity contribution is 5.91. The van der Waals surface area contributed by atoms with Gasteiger partial charge >= 0.3 is 0 Å². The van der Waals surface area contributed by atoms with E-state index < -0.39 is 0 Å². The number of carbonyl (C=O) groups is 1. The van der Waals surface area contributed by atoms with E-state index in [0.29, 0.717) is 49.1 Å². The number of rotatable bonds is 7. The van der Waals surface area contributed by atoms with Crippen LogP contribution in [0.15, 0.2) is 24.3 Å². The minimum Gasteiger partial charge on any atom is -0.493 e. The lowest BCUT2D eigenvalue weighted by Crippen LogP contribution is -2.47. The first kappa shape index (κ1) is 24.6. The smallest absolute Gasteiger partial charge is 0.225 e. The number of hydrogen-bond acceptors (Lipinski definition) is 7. The maximum absolute atomic E-state index is 13.0. The van der Waals surface area contributed by atoms with Crippen molar-refractivity contribution in [3.05, 3.63) is 35.4 Å². The summed E-state index contributed by atoms with van der Waals surface area (Å²) in [6.45, 7) is 5.04. The second kappa shape index (κ2) is 10.1. The summed E-state index contributed by atoms with van der Waals surface area (Å²) in [6, 6.07) is 8.10. The van der Waals surface area contributed by atoms with Gasteiger partial charge in [0.05, 0.1) is 21.3 Å². The van der Waals surface area contributed by atoms with Gasteiger partial charge in [-0.25, -0.2) is 0 Å². The first-order valence-corrected chi connectivity index (χ1v) is 12.8. The molecule has 36 heavy (non-hydrogen) atoms. The molecule has 2 aromatic rings. The van der Waals surface area contributed by atoms with Crippen LogP contribution in [-0.4, -0.2) is 58.4 Å². The quantitative estimate of drug-likeness (QED) is 0.595. The summed E-state index contributed by atoms with van der Waals surface area (Å²) in [5.74, 6) is 3.16. The van der Waals surface area contributed by atoms with Crippen molar-refractivity contribution in [1.29, 1.82) is 0 Å². The van der Waals surface area contributed by atoms with Gasteiger partial charge in [0.25, 0.3) is 0 Å². The van der Waals surface area contributed by atoms with Crippen molar-refractivity contribution in [3.63, 3.8) is 0 Å². The van der Waals surface area contributed by atoms with Gasteiger partial charge in [0.2, 0.25) is 11.7 Å². The highest BCUT2D eigenvalue weighted by atomic mass is 16.6. The second-order valence-electron chi connectivity index (χ2n) is 9.93. The lowest BCUT2D eigenvalue weighted by Gasteiger charge is -2.46. The molecule has 2 aromatic carbocycles. The SMILES string of the molecule is COc1cc(NC(=O)CCN2CC3(CCCC3)c3cc4c(cc3C2C)OCCO4)cc(OC)c1OC. The molecule has 0 saturated heterocycles. The van der Waals surface area contributed by atoms with Crippen molar-refractivity contribution in [2.24, 2.45) is 0 Å². The highest BCUT2D eigenvalue weighted by Gasteiger charge is 2.45. The van der Waals surface area contributed by atoms with Crippen molar-refractivity contribution < 1.29 is 28.5 Å². The minimum atomic E-state index is -0.0510. The fourth-order valence-corrected chi connectivity index (χ4v) is 6.09. The van der Waals surface area contributed by atoms with E-state index in [4.69, 9.17) is 23.7 Å². The predicted molar refractivity (Wildman–Crippen MR) is 137 cm³/mol. The van der Waals surface area contributed by atoms with Gasteiger partial charge in [-0.1, -0.05) is 12.8 Å². The van der Waals surface area contributed by atoms with Crippen molar-refractivity contribution in [1.82, 2.24) is 4.90 Å². The van der Waals surface area contributed by atoms with Gasteiger partial charge in [0, 0.05) is 48.8 Å². The van der Waals surface area contributed by atoms with E-state index in [9.17, 15) is 4.79 Å². The Hall–Kier alpha value is -3.13. The lowest BCUT2D eigenvalue weighted by molar-refractivity contribution is -0.116. The molecular formula is C28H36N2O6. The number of methoxy groups -OCH3 is 3. The van der Waals surface area contributed by atoms with Crippen LogP contribution in [0.2, 0.25) is 0 Å². The standard InChI is InChI=1S/C28H36N2O6/c1-18-20-15-22-23(36-12-11-35-22)16-21(20)28(8-5-6-9-28)17-30(18)10-7-26(31)29-19-13-24(32-2)27(34-4)25(14-19)33-3/h13-16,18H,5-12,17H2,1-4H3,(H,29,31). The van der Waals surface area contributed by atoms with Crippen LogP contribution in [0.5, 0.6) is 28.7 Å². The highest BCUT2D eigenvalue weighted by Crippen LogP contribution is 2.52. The average Bonchev–Trinajstić information content (AvgIpc) is 3.37. The van der Waals surface area contributed by atoms with Gasteiger partial charge in [-0.3, -0.25) is 9.69 Å². The van der Waals surface area contributed by atoms with E-state index in [2.05, 4.69) is 29.3 Å². The Labute approximate surface area is 212 Å². The molecule has 194 valence electrons. The molecule has 1 N–H and O–H groups in total. The zero-order chi connectivity index (χ0) is 25.3. The summed E-state index contributed by atoms with van der Waals surface area (Å²) < 4.78 is 28.0. The zero-order valence-corrected chi connectivity index (χ0v) is 21.6. The minimum absolute atomic E-state index is 0.0510. The Morgan fingerprint density at radius 1 is 1.00 bits per heavy atom. The predicted octanol–water partition coefficient (Wildman–Crippen LogP) is 4.70. The van der Waals surface area contributed by atoms with Gasteiger partial charge in [0.1, 0.15) is 13.2 Å². The summed E-state index contributed by atoms with van der Waals surface area (Å²) >= 11 is 0. The molecule has 1 aliphatic carbocycles. The molecule has 1 saturated carbocycles. The maximum atomic E-state index is 13.0. The third-order valence-electron chi connectivity index (χ3n) is 7.92. The molecule has 1 amide bonds. The van der Waals surface area contributed by atoms with Gasteiger partial charge < -0.3 is 29.0 Å². The molecule has 1 fully saturated rings. The van der Waals surface area contributed by atoms with Gasteiger partial charge in [-0.05, 0) is 43.0 Å². The van der Waals surface area contributed by atoms with Gasteiger partial charge in [-0.2, -0.15) is 0 Å². The van der Waals surface area contributed by atoms with Gasteiger partial charge in [-0.15, -0.1) is 0 Å². The second-order valence-corrected chi connectivity index (χ2v) is 9.93. The Kier molecular flexibility index (Phi) is 6.88. The number of benzene rings is 2. The Morgan fingerprint density at radius 2 is 1.64 bits per heavy atom. The van der Waals surface area contributed by atoms with Crippen LogP contribution in [0.4, 0.5) is 5.69 Å². The first-order valence-electron chi connectivity index (χ1n) is 12.8. The van der Waals surface area contributed by atoms with E-state index in [0.717, 1.165) is 18.0 Å². The topological polar surface area (TPSA) is 78.5 Å². The number of ether oxygens (including phenoxy) is 5. The summed E-state index contributed by atoms with van der Waals surface area (Å²) in [6.07, 6.45) is 5.19. The summed E-state index contributed by atoms with van der Waals surface area (Å²) in [5, 5.41) is 3.00. The first-order chi connectivity index (χ1) is 17.5. The average molecular weight is 497 g/mol. The van der Waals surface area contributed by atoms with Crippen molar-refractivity contribution in [2.75, 3.05) is 52.9 Å². The normalized spacial score (nSPS) is 20.1. The third-order valence-corrected chi connectivity index (χ3v) is 7.92. The number of nitrogens with one attached hydrogen (secondary N) is 1. The van der Waals surface area contributed by atoms with Crippen molar-refractivity contribution >= 4 is 11.6 Å². The molecule has 0 radical (unpaired) electrons. The molecule has 2 heterocycles. The molecule has 8 nitrogen and oxygen atoms in total. The van der Waals surface area contributed by atoms with Crippen LogP contribution < -0.4 is 29.0 Å². The number of fused-ring (bicyclic) bond motifs is 3. The molecule has 2 aliphatic heterocycles. The third kappa shape index (κ3) is 4.43. The van der Waals surface area contributed by atoms with Gasteiger partial charge in [0.15, 0.2) is 23.0 Å². The van der Waals surface area contributed by atoms with E-state index in [1.165, 1.54) is 36.8 Å². The molecule has 5 rings (SSSR count). The Bertz CT molecular complexity index is 1100. The fourth-order valence-electron chi connectivity index (χ4n) is 6.09. The van der Waals surface area contributed by atoms with Crippen LogP contribution in [0, 0.1) is 0 Å². The Balaban J connectivity index is 1.32. The van der Waals surface area contributed by atoms with Crippen LogP contribution >= 0.6 is 0 Å². The molecular weight excluding hydrogens is 460 g/mol. The number of hydrogen-bond donors (Lipinski definition) is 1. The molecule has 1 atom stereocenters. The van der Waals surface area contributed by atoms with Crippen LogP contribution in [0.25, 0.3) is 0 Å². The van der Waals surface area contributed by atoms with E-state index in [-0.39, 0.29) is 17.4 Å². The largest absolute Gasteiger partial charge is 0.493 e. The maximum Gasteiger partial charge on any atom is 0.225 e. The van der Waals surface area contributed by atoms with E-state index in [1.54, 1.807) is 33.5 Å². The number of anilines is 1. The summed E-state index contributed by atoms with van der Waals surface area (Å²) in [4.78, 5) is 15.4. The number of carbonyl (C=O) groups excluding carboxylic acids is 1. The summed E-state index contributed by atoms with van der Waals surface area (Å²) in [7, 11) is 4.68. The van der Waals surface area contributed by atoms with Crippen LogP contribution in [0.1, 0.15) is 56.2 Å². The van der Waals surface area contributed by atoms with Crippen LogP contribution in [0.3, 0.4) is 0 Å².